The summed E-state index contributed by atoms with van der Waals surface area (Å²) in [6.07, 6.45) is 6.24. The van der Waals surface area contributed by atoms with E-state index in [0.717, 1.165) is 16.8 Å². The maximum absolute atomic E-state index is 9.62. The highest BCUT2D eigenvalue weighted by Gasteiger charge is 2.51. The van der Waals surface area contributed by atoms with E-state index >= 15 is 0 Å². The second-order valence-electron chi connectivity index (χ2n) is 7.96. The molecule has 0 radical (unpaired) electrons. The molecule has 0 spiro atoms. The molecule has 5 nitrogen and oxygen atoms in total. The molecule has 2 aromatic rings. The van der Waals surface area contributed by atoms with E-state index in [1.807, 2.05) is 56.7 Å². The zero-order chi connectivity index (χ0) is 17.8. The van der Waals surface area contributed by atoms with E-state index in [1.54, 1.807) is 6.33 Å². The average molecular weight is 335 g/mol. The van der Waals surface area contributed by atoms with Crippen LogP contribution in [0.15, 0.2) is 30.7 Å². The van der Waals surface area contributed by atoms with Gasteiger partial charge in [0.05, 0.1) is 34.5 Å². The van der Waals surface area contributed by atoms with Crippen molar-refractivity contribution in [1.82, 2.24) is 9.55 Å². The van der Waals surface area contributed by atoms with Crippen molar-refractivity contribution in [2.45, 2.75) is 57.7 Å². The van der Waals surface area contributed by atoms with Gasteiger partial charge in [0.25, 0.3) is 0 Å². The molecule has 0 amide bonds. The lowest BCUT2D eigenvalue weighted by Crippen LogP contribution is -2.41. The van der Waals surface area contributed by atoms with Crippen LogP contribution >= 0.6 is 0 Å². The van der Waals surface area contributed by atoms with Gasteiger partial charge in [0.2, 0.25) is 0 Å². The molecule has 1 aromatic carbocycles. The van der Waals surface area contributed by atoms with Crippen molar-refractivity contribution in [3.8, 4) is 11.8 Å². The van der Waals surface area contributed by atoms with Gasteiger partial charge in [0.15, 0.2) is 0 Å². The van der Waals surface area contributed by atoms with Crippen molar-refractivity contribution >= 4 is 12.6 Å². The smallest absolute Gasteiger partial charge is 0.399 e. The quantitative estimate of drug-likeness (QED) is 0.809. The molecule has 4 rings (SSSR count). The van der Waals surface area contributed by atoms with Gasteiger partial charge in [-0.3, -0.25) is 0 Å². The van der Waals surface area contributed by atoms with E-state index in [-0.39, 0.29) is 0 Å². The monoisotopic (exact) mass is 335 g/mol. The number of hydrogen-bond donors (Lipinski definition) is 0. The molecule has 0 N–H and O–H groups in total. The minimum Gasteiger partial charge on any atom is -0.399 e. The number of hydrogen-bond acceptors (Lipinski definition) is 4. The van der Waals surface area contributed by atoms with Crippen LogP contribution in [-0.4, -0.2) is 27.9 Å². The van der Waals surface area contributed by atoms with Crippen LogP contribution in [0.2, 0.25) is 0 Å². The first-order valence-corrected chi connectivity index (χ1v) is 8.75. The maximum atomic E-state index is 9.62. The van der Waals surface area contributed by atoms with Crippen LogP contribution in [0, 0.1) is 11.3 Å². The first-order chi connectivity index (χ1) is 11.8. The summed E-state index contributed by atoms with van der Waals surface area (Å²) in [5.74, 6) is 0.593. The normalized spacial score (nSPS) is 21.3. The average Bonchev–Trinajstić information content (AvgIpc) is 3.25. The second kappa shape index (κ2) is 5.45. The summed E-state index contributed by atoms with van der Waals surface area (Å²) < 4.78 is 14.1. The molecule has 2 fully saturated rings. The Morgan fingerprint density at radius 1 is 1.20 bits per heavy atom. The molecular weight excluding hydrogens is 313 g/mol. The molecule has 1 aliphatic heterocycles. The van der Waals surface area contributed by atoms with E-state index in [9.17, 15) is 5.26 Å². The summed E-state index contributed by atoms with van der Waals surface area (Å²) in [5, 5.41) is 9.62. The van der Waals surface area contributed by atoms with Gasteiger partial charge in [0.1, 0.15) is 6.07 Å². The number of nitrogens with zero attached hydrogens (tertiary/aromatic N) is 3. The topological polar surface area (TPSA) is 60.1 Å². The summed E-state index contributed by atoms with van der Waals surface area (Å²) in [6.45, 7) is 8.10. The molecule has 0 bridgehead atoms. The highest BCUT2D eigenvalue weighted by Crippen LogP contribution is 2.39. The SMILES string of the molecule is CC1(C)OB(c2ccc(-n3cnc(C4CC4)c3)c(C#N)c2)OC1(C)C. The van der Waals surface area contributed by atoms with Crippen molar-refractivity contribution in [3.63, 3.8) is 0 Å². The highest BCUT2D eigenvalue weighted by molar-refractivity contribution is 6.62. The molecular formula is C19H22BN3O2. The zero-order valence-electron chi connectivity index (χ0n) is 15.1. The number of rotatable bonds is 3. The largest absolute Gasteiger partial charge is 0.494 e. The maximum Gasteiger partial charge on any atom is 0.494 e. The third-order valence-electron chi connectivity index (χ3n) is 5.54. The Kier molecular flexibility index (Phi) is 3.57. The first-order valence-electron chi connectivity index (χ1n) is 8.75. The molecule has 2 aliphatic rings. The Bertz CT molecular complexity index is 846. The minimum absolute atomic E-state index is 0.396. The van der Waals surface area contributed by atoms with E-state index < -0.39 is 18.3 Å². The Morgan fingerprint density at radius 3 is 2.48 bits per heavy atom. The predicted octanol–water partition coefficient (Wildman–Crippen LogP) is 2.92. The molecule has 0 unspecified atom stereocenters. The summed E-state index contributed by atoms with van der Waals surface area (Å²) in [7, 11) is -0.462. The van der Waals surface area contributed by atoms with Gasteiger partial charge in [0, 0.05) is 12.1 Å². The van der Waals surface area contributed by atoms with Crippen molar-refractivity contribution in [1.29, 1.82) is 5.26 Å². The van der Waals surface area contributed by atoms with Crippen LogP contribution in [0.3, 0.4) is 0 Å². The van der Waals surface area contributed by atoms with Crippen molar-refractivity contribution in [3.05, 3.63) is 42.0 Å². The van der Waals surface area contributed by atoms with Crippen LogP contribution in [0.1, 0.15) is 57.7 Å². The van der Waals surface area contributed by atoms with Gasteiger partial charge in [-0.05, 0) is 58.1 Å². The lowest BCUT2D eigenvalue weighted by Gasteiger charge is -2.32. The van der Waals surface area contributed by atoms with Crippen LogP contribution in [0.5, 0.6) is 0 Å². The number of aromatic nitrogens is 2. The van der Waals surface area contributed by atoms with Crippen molar-refractivity contribution in [2.75, 3.05) is 0 Å². The second-order valence-corrected chi connectivity index (χ2v) is 7.96. The van der Waals surface area contributed by atoms with Crippen LogP contribution in [-0.2, 0) is 9.31 Å². The Labute approximate surface area is 148 Å². The molecule has 1 saturated carbocycles. The third kappa shape index (κ3) is 2.78. The number of benzene rings is 1. The first kappa shape index (κ1) is 16.4. The van der Waals surface area contributed by atoms with Gasteiger partial charge >= 0.3 is 7.12 Å². The van der Waals surface area contributed by atoms with Crippen LogP contribution < -0.4 is 5.46 Å². The fourth-order valence-electron chi connectivity index (χ4n) is 3.05. The molecule has 6 heteroatoms. The van der Waals surface area contributed by atoms with Crippen LogP contribution in [0.4, 0.5) is 0 Å². The summed E-state index contributed by atoms with van der Waals surface area (Å²) in [4.78, 5) is 4.47. The molecule has 0 atom stereocenters. The predicted molar refractivity (Wildman–Crippen MR) is 96.0 cm³/mol. The lowest BCUT2D eigenvalue weighted by molar-refractivity contribution is 0.00578. The molecule has 1 saturated heterocycles. The standard InChI is InChI=1S/C19H22BN3O2/c1-18(2)19(3,4)25-20(24-18)15-7-8-17(14(9-15)10-21)23-11-16(22-12-23)13-5-6-13/h7-9,11-13H,5-6H2,1-4H3. The summed E-state index contributed by atoms with van der Waals surface area (Å²) in [5.41, 5.74) is 2.61. The van der Waals surface area contributed by atoms with E-state index in [2.05, 4.69) is 11.1 Å². The van der Waals surface area contributed by atoms with Gasteiger partial charge in [-0.1, -0.05) is 6.07 Å². The fraction of sp³-hybridized carbons (Fsp3) is 0.474. The molecule has 2 heterocycles. The fourth-order valence-corrected chi connectivity index (χ4v) is 3.05. The van der Waals surface area contributed by atoms with Gasteiger partial charge in [-0.2, -0.15) is 5.26 Å². The molecule has 1 aromatic heterocycles. The number of nitriles is 1. The van der Waals surface area contributed by atoms with Gasteiger partial charge < -0.3 is 13.9 Å². The van der Waals surface area contributed by atoms with Crippen molar-refractivity contribution < 1.29 is 9.31 Å². The zero-order valence-corrected chi connectivity index (χ0v) is 15.1. The summed E-state index contributed by atoms with van der Waals surface area (Å²) >= 11 is 0. The highest BCUT2D eigenvalue weighted by atomic mass is 16.7. The van der Waals surface area contributed by atoms with Gasteiger partial charge in [-0.15, -0.1) is 0 Å². The Hall–Kier alpha value is -2.10. The van der Waals surface area contributed by atoms with Gasteiger partial charge in [-0.25, -0.2) is 4.98 Å². The van der Waals surface area contributed by atoms with Crippen LogP contribution in [0.25, 0.3) is 5.69 Å². The molecule has 25 heavy (non-hydrogen) atoms. The van der Waals surface area contributed by atoms with E-state index in [4.69, 9.17) is 9.31 Å². The lowest BCUT2D eigenvalue weighted by atomic mass is 9.78. The third-order valence-corrected chi connectivity index (χ3v) is 5.54. The van der Waals surface area contributed by atoms with Crippen molar-refractivity contribution in [2.24, 2.45) is 0 Å². The number of imidazole rings is 1. The Balaban J connectivity index is 1.65. The Morgan fingerprint density at radius 2 is 1.88 bits per heavy atom. The minimum atomic E-state index is -0.462. The van der Waals surface area contributed by atoms with E-state index in [1.165, 1.54) is 12.8 Å². The molecule has 128 valence electrons. The molecule has 1 aliphatic carbocycles. The van der Waals surface area contributed by atoms with E-state index in [0.29, 0.717) is 11.5 Å². The summed E-state index contributed by atoms with van der Waals surface area (Å²) in [6, 6.07) is 8.06.